The van der Waals surface area contributed by atoms with Crippen LogP contribution in [0.4, 0.5) is 0 Å². The Hall–Kier alpha value is -2.00. The van der Waals surface area contributed by atoms with Gasteiger partial charge in [0.15, 0.2) is 0 Å². The predicted molar refractivity (Wildman–Crippen MR) is 102 cm³/mol. The van der Waals surface area contributed by atoms with Crippen molar-refractivity contribution in [1.82, 2.24) is 14.6 Å². The third-order valence-electron chi connectivity index (χ3n) is 4.39. The molecule has 1 atom stereocenters. The SMILES string of the molecule is CCOCCOc1ccc(S(=O)(=O)N2CCNCC2c2cccnc2)cc1. The molecule has 8 heteroatoms. The number of ether oxygens (including phenoxy) is 2. The van der Waals surface area contributed by atoms with Gasteiger partial charge in [0.2, 0.25) is 10.0 Å². The van der Waals surface area contributed by atoms with Gasteiger partial charge in [-0.05, 0) is 42.8 Å². The Kier molecular flexibility index (Phi) is 6.78. The average Bonchev–Trinajstić information content (AvgIpc) is 2.72. The first kappa shape index (κ1) is 19.8. The average molecular weight is 391 g/mol. The number of pyridine rings is 1. The molecule has 2 heterocycles. The van der Waals surface area contributed by atoms with Gasteiger partial charge in [0, 0.05) is 38.6 Å². The van der Waals surface area contributed by atoms with E-state index >= 15 is 0 Å². The lowest BCUT2D eigenvalue weighted by Crippen LogP contribution is -2.48. The monoisotopic (exact) mass is 391 g/mol. The number of hydrogen-bond acceptors (Lipinski definition) is 6. The molecule has 27 heavy (non-hydrogen) atoms. The van der Waals surface area contributed by atoms with E-state index in [-0.39, 0.29) is 10.9 Å². The van der Waals surface area contributed by atoms with Crippen LogP contribution in [0.2, 0.25) is 0 Å². The Labute approximate surface area is 160 Å². The molecule has 1 aliphatic heterocycles. The minimum absolute atomic E-state index is 0.260. The Balaban J connectivity index is 1.76. The maximum absolute atomic E-state index is 13.2. The molecule has 1 aliphatic rings. The van der Waals surface area contributed by atoms with E-state index in [1.807, 2.05) is 19.1 Å². The molecule has 2 aromatic rings. The molecule has 0 spiro atoms. The van der Waals surface area contributed by atoms with Crippen LogP contribution >= 0.6 is 0 Å². The van der Waals surface area contributed by atoms with Gasteiger partial charge in [-0.2, -0.15) is 4.31 Å². The number of hydrogen-bond donors (Lipinski definition) is 1. The molecule has 3 rings (SSSR count). The highest BCUT2D eigenvalue weighted by Crippen LogP contribution is 2.29. The second-order valence-electron chi connectivity index (χ2n) is 6.14. The Bertz CT molecular complexity index is 813. The zero-order valence-corrected chi connectivity index (χ0v) is 16.2. The molecular weight excluding hydrogens is 366 g/mol. The van der Waals surface area contributed by atoms with Crippen LogP contribution in [0.25, 0.3) is 0 Å². The topological polar surface area (TPSA) is 80.8 Å². The lowest BCUT2D eigenvalue weighted by atomic mass is 10.1. The van der Waals surface area contributed by atoms with Crippen LogP contribution in [-0.2, 0) is 14.8 Å². The van der Waals surface area contributed by atoms with Gasteiger partial charge in [-0.15, -0.1) is 0 Å². The molecule has 0 saturated carbocycles. The minimum Gasteiger partial charge on any atom is -0.491 e. The summed E-state index contributed by atoms with van der Waals surface area (Å²) < 4.78 is 38.7. The lowest BCUT2D eigenvalue weighted by Gasteiger charge is -2.35. The summed E-state index contributed by atoms with van der Waals surface area (Å²) >= 11 is 0. The zero-order chi connectivity index (χ0) is 19.1. The molecule has 1 aromatic carbocycles. The van der Waals surface area contributed by atoms with Crippen molar-refractivity contribution in [1.29, 1.82) is 0 Å². The first-order chi connectivity index (χ1) is 13.1. The molecular formula is C19H25N3O4S. The standard InChI is InChI=1S/C19H25N3O4S/c1-2-25-12-13-26-17-5-7-18(8-6-17)27(23,24)22-11-10-21-15-19(22)16-4-3-9-20-14-16/h3-9,14,19,21H,2,10-13,15H2,1H3. The largest absolute Gasteiger partial charge is 0.491 e. The van der Waals surface area contributed by atoms with Crippen molar-refractivity contribution in [2.45, 2.75) is 17.9 Å². The van der Waals surface area contributed by atoms with Crippen LogP contribution in [0.3, 0.4) is 0 Å². The van der Waals surface area contributed by atoms with Crippen molar-refractivity contribution < 1.29 is 17.9 Å². The van der Waals surface area contributed by atoms with Crippen LogP contribution in [0, 0.1) is 0 Å². The van der Waals surface area contributed by atoms with Gasteiger partial charge in [0.05, 0.1) is 17.5 Å². The van der Waals surface area contributed by atoms with Crippen LogP contribution < -0.4 is 10.1 Å². The van der Waals surface area contributed by atoms with Crippen molar-refractivity contribution >= 4 is 10.0 Å². The van der Waals surface area contributed by atoms with Gasteiger partial charge in [-0.1, -0.05) is 6.07 Å². The molecule has 1 fully saturated rings. The molecule has 0 radical (unpaired) electrons. The molecule has 0 amide bonds. The summed E-state index contributed by atoms with van der Waals surface area (Å²) in [5, 5.41) is 3.26. The Morgan fingerprint density at radius 1 is 1.22 bits per heavy atom. The zero-order valence-electron chi connectivity index (χ0n) is 15.4. The van der Waals surface area contributed by atoms with E-state index in [2.05, 4.69) is 10.3 Å². The molecule has 7 nitrogen and oxygen atoms in total. The molecule has 1 aromatic heterocycles. The molecule has 146 valence electrons. The smallest absolute Gasteiger partial charge is 0.243 e. The number of nitrogens with zero attached hydrogens (tertiary/aromatic N) is 2. The predicted octanol–water partition coefficient (Wildman–Crippen LogP) is 1.83. The normalized spacial score (nSPS) is 18.3. The number of sulfonamides is 1. The van der Waals surface area contributed by atoms with Gasteiger partial charge in [-0.3, -0.25) is 4.98 Å². The summed E-state index contributed by atoms with van der Waals surface area (Å²) in [6, 6.07) is 9.99. The molecule has 1 saturated heterocycles. The summed E-state index contributed by atoms with van der Waals surface area (Å²) in [6.45, 7) is 5.09. The Morgan fingerprint density at radius 3 is 2.74 bits per heavy atom. The molecule has 0 aliphatic carbocycles. The Morgan fingerprint density at radius 2 is 2.04 bits per heavy atom. The quantitative estimate of drug-likeness (QED) is 0.692. The van der Waals surface area contributed by atoms with Crippen LogP contribution in [0.1, 0.15) is 18.5 Å². The number of benzene rings is 1. The molecule has 1 N–H and O–H groups in total. The summed E-state index contributed by atoms with van der Waals surface area (Å²) in [5.74, 6) is 0.623. The van der Waals surface area contributed by atoms with E-state index in [1.165, 1.54) is 0 Å². The number of nitrogens with one attached hydrogen (secondary N) is 1. The van der Waals surface area contributed by atoms with Crippen LogP contribution in [0.15, 0.2) is 53.7 Å². The summed E-state index contributed by atoms with van der Waals surface area (Å²) in [6.07, 6.45) is 3.40. The molecule has 0 bridgehead atoms. The second kappa shape index (κ2) is 9.27. The van der Waals surface area contributed by atoms with Gasteiger partial charge in [0.1, 0.15) is 12.4 Å². The summed E-state index contributed by atoms with van der Waals surface area (Å²) in [5.41, 5.74) is 0.879. The van der Waals surface area contributed by atoms with Gasteiger partial charge < -0.3 is 14.8 Å². The third kappa shape index (κ3) is 4.84. The maximum Gasteiger partial charge on any atom is 0.243 e. The highest BCUT2D eigenvalue weighted by molar-refractivity contribution is 7.89. The maximum atomic E-state index is 13.2. The van der Waals surface area contributed by atoms with Crippen LogP contribution in [0.5, 0.6) is 5.75 Å². The van der Waals surface area contributed by atoms with E-state index in [0.717, 1.165) is 5.56 Å². The number of piperazine rings is 1. The second-order valence-corrected chi connectivity index (χ2v) is 8.03. The van der Waals surface area contributed by atoms with E-state index in [0.29, 0.717) is 45.2 Å². The summed E-state index contributed by atoms with van der Waals surface area (Å²) in [4.78, 5) is 4.39. The van der Waals surface area contributed by atoms with Crippen molar-refractivity contribution in [3.63, 3.8) is 0 Å². The van der Waals surface area contributed by atoms with Crippen LogP contribution in [-0.4, -0.2) is 57.2 Å². The van der Waals surface area contributed by atoms with E-state index in [1.54, 1.807) is 41.0 Å². The van der Waals surface area contributed by atoms with Crippen molar-refractivity contribution in [2.24, 2.45) is 0 Å². The summed E-state index contributed by atoms with van der Waals surface area (Å²) in [7, 11) is -3.62. The van der Waals surface area contributed by atoms with E-state index < -0.39 is 10.0 Å². The fourth-order valence-corrected chi connectivity index (χ4v) is 4.65. The lowest BCUT2D eigenvalue weighted by molar-refractivity contribution is 0.110. The highest BCUT2D eigenvalue weighted by atomic mass is 32.2. The van der Waals surface area contributed by atoms with Gasteiger partial charge in [-0.25, -0.2) is 8.42 Å². The highest BCUT2D eigenvalue weighted by Gasteiger charge is 2.34. The first-order valence-corrected chi connectivity index (χ1v) is 10.5. The van der Waals surface area contributed by atoms with Gasteiger partial charge in [0.25, 0.3) is 0 Å². The first-order valence-electron chi connectivity index (χ1n) is 9.06. The van der Waals surface area contributed by atoms with Crippen molar-refractivity contribution in [2.75, 3.05) is 39.5 Å². The molecule has 1 unspecified atom stereocenters. The fraction of sp³-hybridized carbons (Fsp3) is 0.421. The van der Waals surface area contributed by atoms with Crippen molar-refractivity contribution in [3.8, 4) is 5.75 Å². The number of aromatic nitrogens is 1. The fourth-order valence-electron chi connectivity index (χ4n) is 3.04. The van der Waals surface area contributed by atoms with Gasteiger partial charge >= 0.3 is 0 Å². The van der Waals surface area contributed by atoms with Crippen molar-refractivity contribution in [3.05, 3.63) is 54.4 Å². The number of rotatable bonds is 8. The van der Waals surface area contributed by atoms with E-state index in [4.69, 9.17) is 9.47 Å². The van der Waals surface area contributed by atoms with E-state index in [9.17, 15) is 8.42 Å². The third-order valence-corrected chi connectivity index (χ3v) is 6.32. The minimum atomic E-state index is -3.62.